The van der Waals surface area contributed by atoms with Crippen molar-refractivity contribution in [1.82, 2.24) is 9.78 Å². The van der Waals surface area contributed by atoms with Crippen molar-refractivity contribution in [1.29, 1.82) is 0 Å². The average molecular weight is 453 g/mol. The van der Waals surface area contributed by atoms with Gasteiger partial charge in [-0.15, -0.1) is 0 Å². The van der Waals surface area contributed by atoms with Crippen LogP contribution in [0.3, 0.4) is 0 Å². The van der Waals surface area contributed by atoms with Gasteiger partial charge in [0.05, 0.1) is 24.1 Å². The Morgan fingerprint density at radius 2 is 1.69 bits per heavy atom. The highest BCUT2D eigenvalue weighted by atomic mass is 35.5. The standard InChI is InChI=1S/C19H18Cl2N4O3S/c1-12-17(18(21)25(23-12)11-13-5-3-4-6-16(13)20)19(26)22-14-7-9-15(10-8-14)24-29(2,27)28/h3-10,24H,11H2,1-2H3,(H,22,26). The molecule has 0 spiro atoms. The van der Waals surface area contributed by atoms with E-state index in [-0.39, 0.29) is 10.7 Å². The molecule has 3 aromatic rings. The fourth-order valence-corrected chi connectivity index (χ4v) is 3.81. The van der Waals surface area contributed by atoms with Crippen LogP contribution in [-0.2, 0) is 16.6 Å². The summed E-state index contributed by atoms with van der Waals surface area (Å²) in [6.45, 7) is 2.03. The molecule has 7 nitrogen and oxygen atoms in total. The van der Waals surface area contributed by atoms with Crippen LogP contribution in [-0.4, -0.2) is 30.4 Å². The topological polar surface area (TPSA) is 93.1 Å². The number of hydrogen-bond donors (Lipinski definition) is 2. The molecule has 0 aliphatic rings. The monoisotopic (exact) mass is 452 g/mol. The number of carbonyl (C=O) groups excluding carboxylic acids is 1. The number of hydrogen-bond acceptors (Lipinski definition) is 4. The predicted octanol–water partition coefficient (Wildman–Crippen LogP) is 4.17. The lowest BCUT2D eigenvalue weighted by molar-refractivity contribution is 0.102. The fraction of sp³-hybridized carbons (Fsp3) is 0.158. The van der Waals surface area contributed by atoms with Gasteiger partial charge in [0.25, 0.3) is 5.91 Å². The zero-order chi connectivity index (χ0) is 21.2. The Morgan fingerprint density at radius 3 is 2.31 bits per heavy atom. The molecule has 3 rings (SSSR count). The number of amides is 1. The highest BCUT2D eigenvalue weighted by Gasteiger charge is 2.21. The van der Waals surface area contributed by atoms with E-state index in [0.29, 0.717) is 28.6 Å². The maximum absolute atomic E-state index is 12.7. The molecule has 0 fully saturated rings. The van der Waals surface area contributed by atoms with Crippen LogP contribution in [0.2, 0.25) is 10.2 Å². The number of carbonyl (C=O) groups is 1. The minimum Gasteiger partial charge on any atom is -0.322 e. The SMILES string of the molecule is Cc1nn(Cc2ccccc2Cl)c(Cl)c1C(=O)Nc1ccc(NS(C)(=O)=O)cc1. The van der Waals surface area contributed by atoms with Gasteiger partial charge >= 0.3 is 0 Å². The van der Waals surface area contributed by atoms with Crippen molar-refractivity contribution in [2.75, 3.05) is 16.3 Å². The molecule has 0 radical (unpaired) electrons. The normalized spacial score (nSPS) is 11.3. The predicted molar refractivity (Wildman–Crippen MR) is 115 cm³/mol. The number of sulfonamides is 1. The summed E-state index contributed by atoms with van der Waals surface area (Å²) >= 11 is 12.6. The first-order valence-corrected chi connectivity index (χ1v) is 11.1. The molecule has 0 aliphatic carbocycles. The number of halogens is 2. The highest BCUT2D eigenvalue weighted by molar-refractivity contribution is 7.92. The van der Waals surface area contributed by atoms with Crippen LogP contribution >= 0.6 is 23.2 Å². The minimum atomic E-state index is -3.37. The van der Waals surface area contributed by atoms with Crippen molar-refractivity contribution < 1.29 is 13.2 Å². The summed E-state index contributed by atoms with van der Waals surface area (Å²) in [7, 11) is -3.37. The first kappa shape index (κ1) is 21.2. The van der Waals surface area contributed by atoms with E-state index in [0.717, 1.165) is 11.8 Å². The second-order valence-corrected chi connectivity index (χ2v) is 8.92. The van der Waals surface area contributed by atoms with E-state index in [1.807, 2.05) is 18.2 Å². The number of aryl methyl sites for hydroxylation is 1. The first-order valence-electron chi connectivity index (χ1n) is 8.49. The molecule has 0 unspecified atom stereocenters. The number of nitrogens with zero attached hydrogens (tertiary/aromatic N) is 2. The summed E-state index contributed by atoms with van der Waals surface area (Å²) in [4.78, 5) is 12.7. The molecule has 0 atom stereocenters. The Kier molecular flexibility index (Phi) is 6.16. The van der Waals surface area contributed by atoms with Gasteiger partial charge in [0.1, 0.15) is 5.15 Å². The van der Waals surface area contributed by atoms with Gasteiger partial charge in [-0.1, -0.05) is 41.4 Å². The van der Waals surface area contributed by atoms with Gasteiger partial charge in [0, 0.05) is 16.4 Å². The molecule has 10 heteroatoms. The van der Waals surface area contributed by atoms with E-state index in [2.05, 4.69) is 15.1 Å². The van der Waals surface area contributed by atoms with Crippen molar-refractivity contribution >= 4 is 50.5 Å². The number of benzene rings is 2. The Balaban J connectivity index is 1.78. The lowest BCUT2D eigenvalue weighted by Gasteiger charge is -2.08. The van der Waals surface area contributed by atoms with E-state index in [9.17, 15) is 13.2 Å². The molecule has 1 amide bonds. The third kappa shape index (κ3) is 5.29. The quantitative estimate of drug-likeness (QED) is 0.586. The van der Waals surface area contributed by atoms with E-state index < -0.39 is 15.9 Å². The summed E-state index contributed by atoms with van der Waals surface area (Å²) in [6.07, 6.45) is 1.06. The summed E-state index contributed by atoms with van der Waals surface area (Å²) < 4.78 is 26.4. The first-order chi connectivity index (χ1) is 13.6. The number of rotatable bonds is 6. The second-order valence-electron chi connectivity index (χ2n) is 6.41. The lowest BCUT2D eigenvalue weighted by atomic mass is 10.2. The molecule has 0 saturated heterocycles. The molecule has 1 aromatic heterocycles. The highest BCUT2D eigenvalue weighted by Crippen LogP contribution is 2.24. The number of nitrogens with one attached hydrogen (secondary N) is 2. The van der Waals surface area contributed by atoms with Crippen molar-refractivity contribution in [3.8, 4) is 0 Å². The lowest BCUT2D eigenvalue weighted by Crippen LogP contribution is -2.13. The molecule has 0 aliphatic heterocycles. The molecule has 2 aromatic carbocycles. The van der Waals surface area contributed by atoms with Crippen LogP contribution in [0.1, 0.15) is 21.6 Å². The maximum atomic E-state index is 12.7. The van der Waals surface area contributed by atoms with Gasteiger partial charge < -0.3 is 5.32 Å². The van der Waals surface area contributed by atoms with Crippen LogP contribution in [0, 0.1) is 6.92 Å². The van der Waals surface area contributed by atoms with E-state index in [1.54, 1.807) is 37.3 Å². The maximum Gasteiger partial charge on any atom is 0.260 e. The van der Waals surface area contributed by atoms with Crippen LogP contribution in [0.5, 0.6) is 0 Å². The fourth-order valence-electron chi connectivity index (χ4n) is 2.73. The molecule has 2 N–H and O–H groups in total. The largest absolute Gasteiger partial charge is 0.322 e. The van der Waals surface area contributed by atoms with Crippen molar-refractivity contribution in [3.05, 3.63) is 75.5 Å². The van der Waals surface area contributed by atoms with Crippen LogP contribution in [0.4, 0.5) is 11.4 Å². The molecule has 1 heterocycles. The Bertz CT molecular complexity index is 1160. The summed E-state index contributed by atoms with van der Waals surface area (Å²) in [5.74, 6) is -0.415. The summed E-state index contributed by atoms with van der Waals surface area (Å²) in [6, 6.07) is 13.6. The second kappa shape index (κ2) is 8.44. The van der Waals surface area contributed by atoms with Crippen LogP contribution in [0.25, 0.3) is 0 Å². The average Bonchev–Trinajstić information content (AvgIpc) is 2.91. The van der Waals surface area contributed by atoms with E-state index in [4.69, 9.17) is 23.2 Å². The number of anilines is 2. The number of aromatic nitrogens is 2. The zero-order valence-electron chi connectivity index (χ0n) is 15.6. The van der Waals surface area contributed by atoms with Crippen molar-refractivity contribution in [2.45, 2.75) is 13.5 Å². The Hall–Kier alpha value is -2.55. The van der Waals surface area contributed by atoms with E-state index >= 15 is 0 Å². The molecular weight excluding hydrogens is 435 g/mol. The molecule has 152 valence electrons. The van der Waals surface area contributed by atoms with Gasteiger partial charge in [-0.2, -0.15) is 5.10 Å². The smallest absolute Gasteiger partial charge is 0.260 e. The van der Waals surface area contributed by atoms with Gasteiger partial charge in [0.15, 0.2) is 0 Å². The Morgan fingerprint density at radius 1 is 1.07 bits per heavy atom. The van der Waals surface area contributed by atoms with Crippen molar-refractivity contribution in [3.63, 3.8) is 0 Å². The van der Waals surface area contributed by atoms with Gasteiger partial charge in [-0.05, 0) is 42.8 Å². The third-order valence-electron chi connectivity index (χ3n) is 4.02. The third-order valence-corrected chi connectivity index (χ3v) is 5.38. The molecular formula is C19H18Cl2N4O3S. The Labute approximate surface area is 178 Å². The molecule has 0 bridgehead atoms. The van der Waals surface area contributed by atoms with Crippen LogP contribution in [0.15, 0.2) is 48.5 Å². The van der Waals surface area contributed by atoms with Crippen LogP contribution < -0.4 is 10.0 Å². The van der Waals surface area contributed by atoms with Gasteiger partial charge in [-0.25, -0.2) is 13.1 Å². The summed E-state index contributed by atoms with van der Waals surface area (Å²) in [5, 5.41) is 7.88. The summed E-state index contributed by atoms with van der Waals surface area (Å²) in [5.41, 5.74) is 2.46. The minimum absolute atomic E-state index is 0.204. The van der Waals surface area contributed by atoms with Crippen molar-refractivity contribution in [2.24, 2.45) is 0 Å². The van der Waals surface area contributed by atoms with E-state index in [1.165, 1.54) is 4.68 Å². The van der Waals surface area contributed by atoms with Gasteiger partial charge in [0.2, 0.25) is 10.0 Å². The van der Waals surface area contributed by atoms with Gasteiger partial charge in [-0.3, -0.25) is 9.52 Å². The molecule has 29 heavy (non-hydrogen) atoms. The zero-order valence-corrected chi connectivity index (χ0v) is 17.9. The molecule has 0 saturated carbocycles.